The Hall–Kier alpha value is -3.16. The maximum absolute atomic E-state index is 12.3. The normalized spacial score (nSPS) is 15.2. The van der Waals surface area contributed by atoms with Crippen LogP contribution in [-0.2, 0) is 16.2 Å². The second kappa shape index (κ2) is 8.69. The second-order valence-corrected chi connectivity index (χ2v) is 8.31. The predicted molar refractivity (Wildman–Crippen MR) is 120 cm³/mol. The van der Waals surface area contributed by atoms with Crippen molar-refractivity contribution in [3.8, 4) is 5.75 Å². The summed E-state index contributed by atoms with van der Waals surface area (Å²) >= 11 is 6.16. The highest BCUT2D eigenvalue weighted by Gasteiger charge is 2.31. The van der Waals surface area contributed by atoms with E-state index in [1.807, 2.05) is 48.5 Å². The lowest BCUT2D eigenvalue weighted by molar-refractivity contribution is -0.305. The van der Waals surface area contributed by atoms with E-state index in [0.717, 1.165) is 33.2 Å². The van der Waals surface area contributed by atoms with E-state index in [9.17, 15) is 14.7 Å². The van der Waals surface area contributed by atoms with Crippen LogP contribution in [-0.4, -0.2) is 27.6 Å². The summed E-state index contributed by atoms with van der Waals surface area (Å²) in [5.41, 5.74) is 1.90. The first-order chi connectivity index (χ1) is 14.5. The number of aliphatic carboxylic acids is 1. The van der Waals surface area contributed by atoms with Crippen LogP contribution in [0.4, 0.5) is 0 Å². The van der Waals surface area contributed by atoms with E-state index < -0.39 is 18.4 Å². The Bertz CT molecular complexity index is 1170. The molecule has 30 heavy (non-hydrogen) atoms. The second-order valence-electron chi connectivity index (χ2n) is 6.64. The van der Waals surface area contributed by atoms with Crippen LogP contribution < -0.4 is 9.84 Å². The molecule has 0 aliphatic carbocycles. The Morgan fingerprint density at radius 3 is 2.57 bits per heavy atom. The Kier molecular flexibility index (Phi) is 5.83. The summed E-state index contributed by atoms with van der Waals surface area (Å²) in [6, 6.07) is 21.6. The quantitative estimate of drug-likeness (QED) is 0.438. The Morgan fingerprint density at radius 1 is 1.07 bits per heavy atom. The Morgan fingerprint density at radius 2 is 1.80 bits per heavy atom. The zero-order valence-electron chi connectivity index (χ0n) is 15.7. The van der Waals surface area contributed by atoms with E-state index in [0.29, 0.717) is 17.3 Å². The standard InChI is InChI=1S/C23H17NO4S2/c25-21(26)13-24-22(27)20(30-23(24)29)12-15-8-10-18(11-9-15)28-14-17-6-3-5-16-4-1-2-7-19(16)17/h1-12H,13-14H2,(H,25,26)/p-1/b20-12+. The Labute approximate surface area is 183 Å². The molecule has 1 aliphatic rings. The number of fused-ring (bicyclic) bond motifs is 1. The number of thiocarbonyl (C=S) groups is 1. The van der Waals surface area contributed by atoms with Gasteiger partial charge in [0.05, 0.1) is 17.4 Å². The van der Waals surface area contributed by atoms with Crippen molar-refractivity contribution in [2.45, 2.75) is 6.61 Å². The molecule has 3 aromatic rings. The van der Waals surface area contributed by atoms with Gasteiger partial charge in [0, 0.05) is 0 Å². The van der Waals surface area contributed by atoms with Gasteiger partial charge in [-0.1, -0.05) is 78.6 Å². The van der Waals surface area contributed by atoms with E-state index in [1.165, 1.54) is 5.39 Å². The lowest BCUT2D eigenvalue weighted by Gasteiger charge is -2.14. The van der Waals surface area contributed by atoms with Crippen molar-refractivity contribution in [1.82, 2.24) is 4.90 Å². The third-order valence-corrected chi connectivity index (χ3v) is 5.99. The minimum atomic E-state index is -1.35. The number of carbonyl (C=O) groups is 2. The van der Waals surface area contributed by atoms with Crippen molar-refractivity contribution in [2.75, 3.05) is 6.54 Å². The summed E-state index contributed by atoms with van der Waals surface area (Å²) in [7, 11) is 0. The molecule has 150 valence electrons. The van der Waals surface area contributed by atoms with Gasteiger partial charge in [-0.3, -0.25) is 9.69 Å². The average molecular weight is 435 g/mol. The van der Waals surface area contributed by atoms with E-state index >= 15 is 0 Å². The van der Waals surface area contributed by atoms with Crippen LogP contribution >= 0.6 is 24.0 Å². The van der Waals surface area contributed by atoms with Crippen molar-refractivity contribution in [2.24, 2.45) is 0 Å². The van der Waals surface area contributed by atoms with Crippen molar-refractivity contribution in [3.05, 3.63) is 82.8 Å². The fraction of sp³-hybridized carbons (Fsp3) is 0.0870. The minimum absolute atomic E-state index is 0.213. The van der Waals surface area contributed by atoms with Gasteiger partial charge in [0.25, 0.3) is 5.91 Å². The molecule has 1 heterocycles. The fourth-order valence-corrected chi connectivity index (χ4v) is 4.41. The monoisotopic (exact) mass is 434 g/mol. The highest BCUT2D eigenvalue weighted by atomic mass is 32.2. The van der Waals surface area contributed by atoms with E-state index in [-0.39, 0.29) is 4.32 Å². The first kappa shape index (κ1) is 20.1. The molecule has 3 aromatic carbocycles. The molecule has 1 saturated heterocycles. The van der Waals surface area contributed by atoms with Gasteiger partial charge in [-0.05, 0) is 40.1 Å². The zero-order chi connectivity index (χ0) is 21.1. The molecule has 0 N–H and O–H groups in total. The molecule has 0 bridgehead atoms. The fourth-order valence-electron chi connectivity index (χ4n) is 3.16. The summed E-state index contributed by atoms with van der Waals surface area (Å²) in [4.78, 5) is 24.5. The molecular formula is C23H16NO4S2-. The van der Waals surface area contributed by atoms with Crippen LogP contribution in [0, 0.1) is 0 Å². The molecule has 1 amide bonds. The number of hydrogen-bond acceptors (Lipinski definition) is 6. The van der Waals surface area contributed by atoms with Crippen LogP contribution in [0.2, 0.25) is 0 Å². The van der Waals surface area contributed by atoms with Gasteiger partial charge >= 0.3 is 0 Å². The van der Waals surface area contributed by atoms with Gasteiger partial charge in [0.2, 0.25) is 0 Å². The zero-order valence-corrected chi connectivity index (χ0v) is 17.4. The van der Waals surface area contributed by atoms with Gasteiger partial charge in [-0.2, -0.15) is 0 Å². The van der Waals surface area contributed by atoms with Gasteiger partial charge in [0.15, 0.2) is 0 Å². The third kappa shape index (κ3) is 4.37. The highest BCUT2D eigenvalue weighted by molar-refractivity contribution is 8.26. The molecule has 0 atom stereocenters. The van der Waals surface area contributed by atoms with Gasteiger partial charge in [-0.25, -0.2) is 0 Å². The largest absolute Gasteiger partial charge is 0.548 e. The van der Waals surface area contributed by atoms with Crippen LogP contribution in [0.5, 0.6) is 5.75 Å². The number of carboxylic acids is 1. The summed E-state index contributed by atoms with van der Waals surface area (Å²) in [5, 5.41) is 13.1. The topological polar surface area (TPSA) is 69.7 Å². The summed E-state index contributed by atoms with van der Waals surface area (Å²) in [5.74, 6) is -1.06. The van der Waals surface area contributed by atoms with Crippen molar-refractivity contribution in [3.63, 3.8) is 0 Å². The van der Waals surface area contributed by atoms with E-state index in [1.54, 1.807) is 6.08 Å². The molecule has 0 aromatic heterocycles. The minimum Gasteiger partial charge on any atom is -0.548 e. The van der Waals surface area contributed by atoms with Crippen molar-refractivity contribution in [1.29, 1.82) is 0 Å². The number of carbonyl (C=O) groups excluding carboxylic acids is 2. The average Bonchev–Trinajstić information content (AvgIpc) is 3.00. The highest BCUT2D eigenvalue weighted by Crippen LogP contribution is 2.32. The molecule has 4 rings (SSSR count). The molecule has 1 aliphatic heterocycles. The number of amides is 1. The lowest BCUT2D eigenvalue weighted by Crippen LogP contribution is -2.40. The summed E-state index contributed by atoms with van der Waals surface area (Å²) in [6.45, 7) is -0.0917. The maximum Gasteiger partial charge on any atom is 0.266 e. The first-order valence-electron chi connectivity index (χ1n) is 9.16. The van der Waals surface area contributed by atoms with Gasteiger partial charge in [-0.15, -0.1) is 0 Å². The number of thioether (sulfide) groups is 1. The van der Waals surface area contributed by atoms with Crippen LogP contribution in [0.25, 0.3) is 16.8 Å². The van der Waals surface area contributed by atoms with Gasteiger partial charge in [0.1, 0.15) is 16.7 Å². The van der Waals surface area contributed by atoms with Crippen LogP contribution in [0.15, 0.2) is 71.6 Å². The first-order valence-corrected chi connectivity index (χ1v) is 10.4. The molecule has 0 saturated carbocycles. The molecule has 0 radical (unpaired) electrons. The predicted octanol–water partition coefficient (Wildman–Crippen LogP) is 3.37. The number of rotatable bonds is 6. The maximum atomic E-state index is 12.3. The molecule has 5 nitrogen and oxygen atoms in total. The van der Waals surface area contributed by atoms with E-state index in [4.69, 9.17) is 17.0 Å². The Balaban J connectivity index is 1.44. The number of hydrogen-bond donors (Lipinski definition) is 0. The number of ether oxygens (including phenoxy) is 1. The number of carboxylic acid groups (broad SMARTS) is 1. The van der Waals surface area contributed by atoms with E-state index in [2.05, 4.69) is 18.2 Å². The molecule has 0 unspecified atom stereocenters. The molecule has 1 fully saturated rings. The SMILES string of the molecule is O=C([O-])CN1C(=O)/C(=C\c2ccc(OCc3cccc4ccccc34)cc2)SC1=S. The lowest BCUT2D eigenvalue weighted by atomic mass is 10.1. The van der Waals surface area contributed by atoms with Crippen molar-refractivity contribution >= 4 is 57.0 Å². The molecular weight excluding hydrogens is 418 g/mol. The number of benzene rings is 3. The van der Waals surface area contributed by atoms with Crippen molar-refractivity contribution < 1.29 is 19.4 Å². The van der Waals surface area contributed by atoms with Gasteiger partial charge < -0.3 is 14.6 Å². The van der Waals surface area contributed by atoms with Crippen LogP contribution in [0.1, 0.15) is 11.1 Å². The third-order valence-electron chi connectivity index (χ3n) is 4.61. The number of nitrogens with zero attached hydrogens (tertiary/aromatic N) is 1. The molecule has 7 heteroatoms. The molecule has 0 spiro atoms. The van der Waals surface area contributed by atoms with Crippen LogP contribution in [0.3, 0.4) is 0 Å². The summed E-state index contributed by atoms with van der Waals surface area (Å²) in [6.07, 6.45) is 1.68. The smallest absolute Gasteiger partial charge is 0.266 e. The summed E-state index contributed by atoms with van der Waals surface area (Å²) < 4.78 is 6.14.